The summed E-state index contributed by atoms with van der Waals surface area (Å²) in [6, 6.07) is 29.8. The first kappa shape index (κ1) is 21.6. The van der Waals surface area contributed by atoms with Gasteiger partial charge in [-0.1, -0.05) is 54.6 Å². The number of H-pyrrole nitrogens is 1. The number of fused-ring (bicyclic) bond motifs is 3. The fraction of sp³-hybridized carbons (Fsp3) is 0.129. The van der Waals surface area contributed by atoms with Crippen LogP contribution in [0.4, 0.5) is 0 Å². The van der Waals surface area contributed by atoms with Crippen LogP contribution in [-0.4, -0.2) is 29.7 Å². The minimum absolute atomic E-state index is 0.0140. The molecule has 0 saturated heterocycles. The van der Waals surface area contributed by atoms with Crippen molar-refractivity contribution in [3.8, 4) is 28.5 Å². The van der Waals surface area contributed by atoms with Gasteiger partial charge in [0.1, 0.15) is 5.75 Å². The van der Waals surface area contributed by atoms with Crippen molar-refractivity contribution in [3.63, 3.8) is 0 Å². The monoisotopic (exact) mass is 488 g/mol. The van der Waals surface area contributed by atoms with E-state index in [1.165, 1.54) is 0 Å². The number of rotatable bonds is 5. The first-order valence-corrected chi connectivity index (χ1v) is 12.2. The molecule has 2 aliphatic rings. The van der Waals surface area contributed by atoms with Crippen molar-refractivity contribution in [1.82, 2.24) is 9.88 Å². The maximum absolute atomic E-state index is 13.9. The maximum atomic E-state index is 13.9. The van der Waals surface area contributed by atoms with Gasteiger partial charge in [-0.25, -0.2) is 0 Å². The highest BCUT2D eigenvalue weighted by Gasteiger charge is 2.40. The molecule has 0 radical (unpaired) electrons. The SMILES string of the molecule is COc1cccc(-c2[nH]c3ccccc3c2[C@@H]2c3ccccc3C(=O)N2Cc2ccc3c(c2)OCO3)c1. The number of carbonyl (C=O) groups is 1. The average molecular weight is 489 g/mol. The topological polar surface area (TPSA) is 63.8 Å². The highest BCUT2D eigenvalue weighted by molar-refractivity contribution is 6.02. The van der Waals surface area contributed by atoms with Crippen LogP contribution in [0.2, 0.25) is 0 Å². The zero-order valence-electron chi connectivity index (χ0n) is 20.2. The van der Waals surface area contributed by atoms with Gasteiger partial charge in [-0.15, -0.1) is 0 Å². The highest BCUT2D eigenvalue weighted by atomic mass is 16.7. The Labute approximate surface area is 214 Å². The van der Waals surface area contributed by atoms with Crippen LogP contribution in [0.3, 0.4) is 0 Å². The molecular formula is C31H24N2O4. The van der Waals surface area contributed by atoms with Crippen molar-refractivity contribution < 1.29 is 19.0 Å². The van der Waals surface area contributed by atoms with Crippen LogP contribution in [0.25, 0.3) is 22.2 Å². The van der Waals surface area contributed by atoms with Crippen LogP contribution in [0.15, 0.2) is 91.0 Å². The van der Waals surface area contributed by atoms with E-state index < -0.39 is 0 Å². The molecule has 1 N–H and O–H groups in total. The molecule has 0 spiro atoms. The molecule has 2 aliphatic heterocycles. The number of nitrogens with zero attached hydrogens (tertiary/aromatic N) is 1. The lowest BCUT2D eigenvalue weighted by Gasteiger charge is -2.27. The lowest BCUT2D eigenvalue weighted by Crippen LogP contribution is -2.28. The summed E-state index contributed by atoms with van der Waals surface area (Å²) in [5.74, 6) is 2.23. The Morgan fingerprint density at radius 1 is 0.919 bits per heavy atom. The lowest BCUT2D eigenvalue weighted by molar-refractivity contribution is 0.0737. The van der Waals surface area contributed by atoms with E-state index in [1.54, 1.807) is 7.11 Å². The zero-order chi connectivity index (χ0) is 24.9. The number of carbonyl (C=O) groups excluding carboxylic acids is 1. The summed E-state index contributed by atoms with van der Waals surface area (Å²) in [4.78, 5) is 19.5. The second-order valence-electron chi connectivity index (χ2n) is 9.30. The lowest BCUT2D eigenvalue weighted by atomic mass is 9.93. The molecule has 6 heteroatoms. The summed E-state index contributed by atoms with van der Waals surface area (Å²) in [7, 11) is 1.67. The van der Waals surface area contributed by atoms with Crippen LogP contribution in [0.1, 0.15) is 33.1 Å². The molecule has 5 aromatic rings. The van der Waals surface area contributed by atoms with Gasteiger partial charge >= 0.3 is 0 Å². The molecule has 1 aromatic heterocycles. The number of aromatic nitrogens is 1. The molecule has 7 rings (SSSR count). The van der Waals surface area contributed by atoms with Crippen molar-refractivity contribution in [1.29, 1.82) is 0 Å². The van der Waals surface area contributed by atoms with E-state index in [0.717, 1.165) is 55.9 Å². The van der Waals surface area contributed by atoms with Gasteiger partial charge in [-0.05, 0) is 47.5 Å². The molecule has 182 valence electrons. The number of methoxy groups -OCH3 is 1. The molecule has 0 saturated carbocycles. The van der Waals surface area contributed by atoms with Gasteiger partial charge in [0, 0.05) is 34.1 Å². The second-order valence-corrected chi connectivity index (χ2v) is 9.30. The summed E-state index contributed by atoms with van der Waals surface area (Å²) < 4.78 is 16.6. The van der Waals surface area contributed by atoms with Crippen LogP contribution < -0.4 is 14.2 Å². The Bertz CT molecular complexity index is 1670. The quantitative estimate of drug-likeness (QED) is 0.315. The molecule has 0 unspecified atom stereocenters. The van der Waals surface area contributed by atoms with Crippen LogP contribution in [-0.2, 0) is 6.54 Å². The average Bonchev–Trinajstić information content (AvgIpc) is 3.63. The van der Waals surface area contributed by atoms with E-state index in [4.69, 9.17) is 14.2 Å². The Balaban J connectivity index is 1.43. The van der Waals surface area contributed by atoms with Gasteiger partial charge in [-0.3, -0.25) is 4.79 Å². The van der Waals surface area contributed by atoms with Gasteiger partial charge < -0.3 is 24.1 Å². The Morgan fingerprint density at radius 3 is 2.68 bits per heavy atom. The Kier molecular flexibility index (Phi) is 4.92. The van der Waals surface area contributed by atoms with E-state index in [9.17, 15) is 4.79 Å². The van der Waals surface area contributed by atoms with E-state index in [-0.39, 0.29) is 18.7 Å². The van der Waals surface area contributed by atoms with Crippen LogP contribution in [0, 0.1) is 0 Å². The standard InChI is InChI=1S/C31H24N2O4/c1-35-21-8-6-7-20(16-21)29-28(24-11-4-5-12-25(24)32-29)30-22-9-2-3-10-23(22)31(34)33(30)17-19-13-14-26-27(15-19)37-18-36-26/h2-16,30,32H,17-18H2,1H3/t30-/m0/s1. The number of hydrogen-bond donors (Lipinski definition) is 1. The van der Waals surface area contributed by atoms with Crippen molar-refractivity contribution in [2.24, 2.45) is 0 Å². The molecule has 4 aromatic carbocycles. The second kappa shape index (κ2) is 8.45. The summed E-state index contributed by atoms with van der Waals surface area (Å²) >= 11 is 0. The maximum Gasteiger partial charge on any atom is 0.255 e. The normalized spacial score (nSPS) is 15.9. The van der Waals surface area contributed by atoms with Crippen molar-refractivity contribution >= 4 is 16.8 Å². The summed E-state index contributed by atoms with van der Waals surface area (Å²) in [6.45, 7) is 0.653. The largest absolute Gasteiger partial charge is 0.497 e. The van der Waals surface area contributed by atoms with E-state index in [1.807, 2.05) is 71.6 Å². The van der Waals surface area contributed by atoms with Crippen molar-refractivity contribution in [3.05, 3.63) is 113 Å². The molecule has 3 heterocycles. The van der Waals surface area contributed by atoms with Gasteiger partial charge in [0.15, 0.2) is 11.5 Å². The third kappa shape index (κ3) is 3.44. The first-order valence-electron chi connectivity index (χ1n) is 12.2. The first-order chi connectivity index (χ1) is 18.2. The zero-order valence-corrected chi connectivity index (χ0v) is 20.2. The number of aromatic amines is 1. The molecule has 1 amide bonds. The predicted molar refractivity (Wildman–Crippen MR) is 141 cm³/mol. The van der Waals surface area contributed by atoms with E-state index >= 15 is 0 Å². The molecule has 0 bridgehead atoms. The third-order valence-electron chi connectivity index (χ3n) is 7.23. The van der Waals surface area contributed by atoms with Gasteiger partial charge in [0.25, 0.3) is 5.91 Å². The number of hydrogen-bond acceptors (Lipinski definition) is 4. The van der Waals surface area contributed by atoms with Gasteiger partial charge in [0.05, 0.1) is 18.8 Å². The fourth-order valence-corrected chi connectivity index (χ4v) is 5.53. The van der Waals surface area contributed by atoms with Crippen LogP contribution in [0.5, 0.6) is 17.2 Å². The van der Waals surface area contributed by atoms with Gasteiger partial charge in [0.2, 0.25) is 6.79 Å². The molecule has 6 nitrogen and oxygen atoms in total. The summed E-state index contributed by atoms with van der Waals surface area (Å²) in [5.41, 5.74) is 6.80. The number of amides is 1. The smallest absolute Gasteiger partial charge is 0.255 e. The number of ether oxygens (including phenoxy) is 3. The van der Waals surface area contributed by atoms with Gasteiger partial charge in [-0.2, -0.15) is 0 Å². The Morgan fingerprint density at radius 2 is 1.76 bits per heavy atom. The summed E-state index contributed by atoms with van der Waals surface area (Å²) in [5, 5.41) is 1.09. The predicted octanol–water partition coefficient (Wildman–Crippen LogP) is 6.32. The summed E-state index contributed by atoms with van der Waals surface area (Å²) in [6.07, 6.45) is 0. The van der Waals surface area contributed by atoms with E-state index in [0.29, 0.717) is 12.3 Å². The Hall–Kier alpha value is -4.71. The molecular weight excluding hydrogens is 464 g/mol. The highest BCUT2D eigenvalue weighted by Crippen LogP contribution is 2.46. The number of benzene rings is 4. The molecule has 1 atom stereocenters. The van der Waals surface area contributed by atoms with E-state index in [2.05, 4.69) is 29.2 Å². The van der Waals surface area contributed by atoms with Crippen molar-refractivity contribution in [2.45, 2.75) is 12.6 Å². The third-order valence-corrected chi connectivity index (χ3v) is 7.23. The number of para-hydroxylation sites is 1. The number of nitrogens with one attached hydrogen (secondary N) is 1. The molecule has 37 heavy (non-hydrogen) atoms. The minimum atomic E-state index is -0.272. The van der Waals surface area contributed by atoms with Crippen molar-refractivity contribution in [2.75, 3.05) is 13.9 Å². The molecule has 0 fully saturated rings. The minimum Gasteiger partial charge on any atom is -0.497 e. The fourth-order valence-electron chi connectivity index (χ4n) is 5.53. The van der Waals surface area contributed by atoms with Crippen LogP contribution >= 0.6 is 0 Å². The molecule has 0 aliphatic carbocycles.